The molecule has 4 nitrogen and oxygen atoms in total. The number of nitrogens with zero attached hydrogens (tertiary/aromatic N) is 1. The summed E-state index contributed by atoms with van der Waals surface area (Å²) in [4.78, 5) is 7.29. The van der Waals surface area contributed by atoms with Crippen molar-refractivity contribution < 1.29 is 5.11 Å². The van der Waals surface area contributed by atoms with Gasteiger partial charge in [-0.25, -0.2) is 4.98 Å². The topological polar surface area (TPSA) is 60.9 Å². The molecule has 1 atom stereocenters. The quantitative estimate of drug-likeness (QED) is 0.686. The van der Waals surface area contributed by atoms with Crippen LogP contribution in [0.5, 0.6) is 0 Å². The van der Waals surface area contributed by atoms with Gasteiger partial charge in [0, 0.05) is 17.6 Å². The van der Waals surface area contributed by atoms with Crippen LogP contribution in [-0.2, 0) is 0 Å². The van der Waals surface area contributed by atoms with E-state index in [9.17, 15) is 0 Å². The minimum atomic E-state index is 0.0268. The van der Waals surface area contributed by atoms with Gasteiger partial charge in [0.1, 0.15) is 5.82 Å². The number of H-pyrrole nitrogens is 1. The van der Waals surface area contributed by atoms with E-state index in [1.165, 1.54) is 0 Å². The number of pyridine rings is 1. The second-order valence-corrected chi connectivity index (χ2v) is 3.36. The normalized spacial score (nSPS) is 13.0. The summed E-state index contributed by atoms with van der Waals surface area (Å²) in [5.74, 6) is 0.790. The number of aromatic amines is 1. The number of fused-ring (bicyclic) bond motifs is 1. The van der Waals surface area contributed by atoms with Crippen LogP contribution in [0.3, 0.4) is 0 Å². The number of anilines is 1. The van der Waals surface area contributed by atoms with Gasteiger partial charge in [0.15, 0.2) is 0 Å². The van der Waals surface area contributed by atoms with Crippen molar-refractivity contribution in [2.75, 3.05) is 11.9 Å². The number of hydrogen-bond acceptors (Lipinski definition) is 3. The zero-order valence-corrected chi connectivity index (χ0v) is 7.99. The third-order valence-corrected chi connectivity index (χ3v) is 2.11. The Hall–Kier alpha value is -1.55. The molecular formula is C10H13N3O. The molecule has 0 aromatic carbocycles. The van der Waals surface area contributed by atoms with Gasteiger partial charge < -0.3 is 15.4 Å². The van der Waals surface area contributed by atoms with Crippen LogP contribution < -0.4 is 5.32 Å². The van der Waals surface area contributed by atoms with Gasteiger partial charge in [0.25, 0.3) is 0 Å². The lowest BCUT2D eigenvalue weighted by molar-refractivity contribution is 0.281. The molecule has 0 unspecified atom stereocenters. The van der Waals surface area contributed by atoms with E-state index in [1.807, 2.05) is 25.3 Å². The van der Waals surface area contributed by atoms with Gasteiger partial charge in [-0.15, -0.1) is 0 Å². The lowest BCUT2D eigenvalue weighted by atomic mass is 10.3. The summed E-state index contributed by atoms with van der Waals surface area (Å²) in [6.07, 6.45) is 3.66. The molecule has 2 aromatic heterocycles. The molecule has 0 saturated heterocycles. The Morgan fingerprint density at radius 3 is 3.29 bits per heavy atom. The third kappa shape index (κ3) is 1.70. The number of aromatic nitrogens is 2. The molecule has 0 fully saturated rings. The van der Waals surface area contributed by atoms with E-state index < -0.39 is 0 Å². The first-order valence-electron chi connectivity index (χ1n) is 4.60. The van der Waals surface area contributed by atoms with Gasteiger partial charge in [-0.2, -0.15) is 0 Å². The van der Waals surface area contributed by atoms with Crippen LogP contribution in [0.25, 0.3) is 10.9 Å². The average molecular weight is 191 g/mol. The molecule has 3 N–H and O–H groups in total. The highest BCUT2D eigenvalue weighted by Gasteiger charge is 2.02. The Bertz CT molecular complexity index is 424. The molecule has 0 saturated carbocycles. The highest BCUT2D eigenvalue weighted by atomic mass is 16.3. The van der Waals surface area contributed by atoms with Crippen LogP contribution in [0.2, 0.25) is 0 Å². The van der Waals surface area contributed by atoms with E-state index >= 15 is 0 Å². The molecule has 0 amide bonds. The SMILES string of the molecule is C[C@@H](CO)Nc1cc2cc[nH]c2cn1. The smallest absolute Gasteiger partial charge is 0.126 e. The fourth-order valence-corrected chi connectivity index (χ4v) is 1.33. The van der Waals surface area contributed by atoms with Crippen LogP contribution in [0.1, 0.15) is 6.92 Å². The predicted molar refractivity (Wildman–Crippen MR) is 56.3 cm³/mol. The Balaban J connectivity index is 2.25. The number of aliphatic hydroxyl groups excluding tert-OH is 1. The molecule has 74 valence electrons. The summed E-state index contributed by atoms with van der Waals surface area (Å²) in [5, 5.41) is 13.1. The number of nitrogens with one attached hydrogen (secondary N) is 2. The van der Waals surface area contributed by atoms with Crippen molar-refractivity contribution in [2.45, 2.75) is 13.0 Å². The van der Waals surface area contributed by atoms with E-state index in [0.29, 0.717) is 0 Å². The maximum atomic E-state index is 8.87. The van der Waals surface area contributed by atoms with Crippen molar-refractivity contribution in [3.8, 4) is 0 Å². The predicted octanol–water partition coefficient (Wildman–Crippen LogP) is 1.36. The first-order valence-corrected chi connectivity index (χ1v) is 4.60. The first-order chi connectivity index (χ1) is 6.79. The van der Waals surface area contributed by atoms with Crippen molar-refractivity contribution >= 4 is 16.7 Å². The van der Waals surface area contributed by atoms with Gasteiger partial charge in [0.2, 0.25) is 0 Å². The van der Waals surface area contributed by atoms with E-state index in [4.69, 9.17) is 5.11 Å². The molecule has 0 aliphatic heterocycles. The number of aliphatic hydroxyl groups is 1. The van der Waals surface area contributed by atoms with Crippen LogP contribution in [0.15, 0.2) is 24.5 Å². The average Bonchev–Trinajstić information content (AvgIpc) is 2.64. The van der Waals surface area contributed by atoms with Crippen LogP contribution >= 0.6 is 0 Å². The van der Waals surface area contributed by atoms with Crippen molar-refractivity contribution in [2.24, 2.45) is 0 Å². The molecule has 14 heavy (non-hydrogen) atoms. The van der Waals surface area contributed by atoms with E-state index in [2.05, 4.69) is 15.3 Å². The van der Waals surface area contributed by atoms with Gasteiger partial charge >= 0.3 is 0 Å². The Labute approximate surface area is 82.0 Å². The fraction of sp³-hybridized carbons (Fsp3) is 0.300. The van der Waals surface area contributed by atoms with Gasteiger partial charge in [0.05, 0.1) is 18.3 Å². The Kier molecular flexibility index (Phi) is 2.37. The maximum absolute atomic E-state index is 8.87. The molecule has 0 radical (unpaired) electrons. The van der Waals surface area contributed by atoms with Crippen LogP contribution in [0, 0.1) is 0 Å². The van der Waals surface area contributed by atoms with Crippen molar-refractivity contribution in [1.29, 1.82) is 0 Å². The molecule has 0 aliphatic carbocycles. The largest absolute Gasteiger partial charge is 0.394 e. The molecular weight excluding hydrogens is 178 g/mol. The third-order valence-electron chi connectivity index (χ3n) is 2.11. The molecule has 2 heterocycles. The summed E-state index contributed by atoms with van der Waals surface area (Å²) in [6, 6.07) is 3.97. The molecule has 0 spiro atoms. The maximum Gasteiger partial charge on any atom is 0.126 e. The number of hydrogen-bond donors (Lipinski definition) is 3. The summed E-state index contributed by atoms with van der Waals surface area (Å²) in [7, 11) is 0. The summed E-state index contributed by atoms with van der Waals surface area (Å²) in [6.45, 7) is 2.01. The summed E-state index contributed by atoms with van der Waals surface area (Å²) >= 11 is 0. The first kappa shape index (κ1) is 9.02. The fourth-order valence-electron chi connectivity index (χ4n) is 1.33. The van der Waals surface area contributed by atoms with Crippen LogP contribution in [-0.4, -0.2) is 27.7 Å². The lowest BCUT2D eigenvalue weighted by Crippen LogP contribution is -2.19. The highest BCUT2D eigenvalue weighted by Crippen LogP contribution is 2.15. The monoisotopic (exact) mass is 191 g/mol. The van der Waals surface area contributed by atoms with Crippen molar-refractivity contribution in [3.63, 3.8) is 0 Å². The zero-order valence-electron chi connectivity index (χ0n) is 7.99. The Morgan fingerprint density at radius 2 is 2.50 bits per heavy atom. The minimum Gasteiger partial charge on any atom is -0.394 e. The van der Waals surface area contributed by atoms with Gasteiger partial charge in [-0.05, 0) is 19.1 Å². The van der Waals surface area contributed by atoms with E-state index in [0.717, 1.165) is 16.7 Å². The van der Waals surface area contributed by atoms with Crippen LogP contribution in [0.4, 0.5) is 5.82 Å². The molecule has 0 aliphatic rings. The molecule has 4 heteroatoms. The highest BCUT2D eigenvalue weighted by molar-refractivity contribution is 5.80. The van der Waals surface area contributed by atoms with E-state index in [-0.39, 0.29) is 12.6 Å². The molecule has 2 aromatic rings. The molecule has 0 bridgehead atoms. The summed E-state index contributed by atoms with van der Waals surface area (Å²) < 4.78 is 0. The second kappa shape index (κ2) is 3.67. The minimum absolute atomic E-state index is 0.0268. The zero-order chi connectivity index (χ0) is 9.97. The standard InChI is InChI=1S/C10H13N3O/c1-7(6-14)13-10-4-8-2-3-11-9(8)5-12-10/h2-5,7,11,14H,6H2,1H3,(H,12,13)/t7-/m0/s1. The lowest BCUT2D eigenvalue weighted by Gasteiger charge is -2.10. The van der Waals surface area contributed by atoms with Gasteiger partial charge in [-0.1, -0.05) is 0 Å². The summed E-state index contributed by atoms with van der Waals surface area (Å²) in [5.41, 5.74) is 1.02. The second-order valence-electron chi connectivity index (χ2n) is 3.36. The molecule has 2 rings (SSSR count). The van der Waals surface area contributed by atoms with Gasteiger partial charge in [-0.3, -0.25) is 0 Å². The van der Waals surface area contributed by atoms with Crippen molar-refractivity contribution in [3.05, 3.63) is 24.5 Å². The van der Waals surface area contributed by atoms with Crippen molar-refractivity contribution in [1.82, 2.24) is 9.97 Å². The number of rotatable bonds is 3. The Morgan fingerprint density at radius 1 is 1.64 bits per heavy atom. The van der Waals surface area contributed by atoms with E-state index in [1.54, 1.807) is 6.20 Å².